The van der Waals surface area contributed by atoms with Crippen LogP contribution in [0.3, 0.4) is 0 Å². The van der Waals surface area contributed by atoms with E-state index < -0.39 is 0 Å². The van der Waals surface area contributed by atoms with Gasteiger partial charge in [0.1, 0.15) is 11.5 Å². The monoisotopic (exact) mass is 285 g/mol. The summed E-state index contributed by atoms with van der Waals surface area (Å²) in [5.74, 6) is 1.98. The highest BCUT2D eigenvalue weighted by atomic mass is 16.5. The number of ether oxygens (including phenoxy) is 2. The maximum absolute atomic E-state index is 5.54. The normalized spacial score (nSPS) is 13.5. The Labute approximate surface area is 126 Å². The van der Waals surface area contributed by atoms with Crippen molar-refractivity contribution in [2.75, 3.05) is 21.3 Å². The molecular formula is C18H23NO2. The van der Waals surface area contributed by atoms with Gasteiger partial charge in [-0.2, -0.15) is 0 Å². The fourth-order valence-corrected chi connectivity index (χ4v) is 2.78. The van der Waals surface area contributed by atoms with E-state index in [-0.39, 0.29) is 6.04 Å². The molecule has 2 rings (SSSR count). The zero-order chi connectivity index (χ0) is 15.2. The van der Waals surface area contributed by atoms with E-state index in [0.29, 0.717) is 5.92 Å². The standard InChI is InChI=1S/C18H23NO2/c1-13(14-9-6-5-7-10-14)18(19-2)17-15(20-3)11-8-12-16(17)21-4/h5-13,18-19H,1-4H3. The summed E-state index contributed by atoms with van der Waals surface area (Å²) in [6, 6.07) is 16.5. The Morgan fingerprint density at radius 2 is 1.43 bits per heavy atom. The van der Waals surface area contributed by atoms with E-state index in [1.807, 2.05) is 31.3 Å². The van der Waals surface area contributed by atoms with Gasteiger partial charge in [-0.05, 0) is 24.7 Å². The van der Waals surface area contributed by atoms with Crippen LogP contribution in [0.5, 0.6) is 11.5 Å². The molecule has 0 aliphatic carbocycles. The summed E-state index contributed by atoms with van der Waals surface area (Å²) in [7, 11) is 5.35. The van der Waals surface area contributed by atoms with E-state index in [1.54, 1.807) is 14.2 Å². The van der Waals surface area contributed by atoms with E-state index in [9.17, 15) is 0 Å². The lowest BCUT2D eigenvalue weighted by atomic mass is 9.87. The van der Waals surface area contributed by atoms with Crippen molar-refractivity contribution in [3.8, 4) is 11.5 Å². The van der Waals surface area contributed by atoms with Gasteiger partial charge in [0.15, 0.2) is 0 Å². The number of hydrogen-bond donors (Lipinski definition) is 1. The number of hydrogen-bond acceptors (Lipinski definition) is 3. The number of rotatable bonds is 6. The molecule has 21 heavy (non-hydrogen) atoms. The Morgan fingerprint density at radius 1 is 0.857 bits per heavy atom. The Kier molecular flexibility index (Phi) is 5.23. The predicted molar refractivity (Wildman–Crippen MR) is 86.2 cm³/mol. The number of likely N-dealkylation sites (N-methyl/N-ethyl adjacent to an activating group) is 1. The minimum absolute atomic E-state index is 0.110. The van der Waals surface area contributed by atoms with Crippen molar-refractivity contribution in [3.63, 3.8) is 0 Å². The number of benzene rings is 2. The van der Waals surface area contributed by atoms with Crippen LogP contribution in [-0.4, -0.2) is 21.3 Å². The van der Waals surface area contributed by atoms with Gasteiger partial charge in [-0.25, -0.2) is 0 Å². The molecule has 0 bridgehead atoms. The van der Waals surface area contributed by atoms with Crippen molar-refractivity contribution in [2.24, 2.45) is 0 Å². The molecular weight excluding hydrogens is 262 g/mol. The molecule has 2 aromatic rings. The van der Waals surface area contributed by atoms with E-state index in [0.717, 1.165) is 17.1 Å². The fourth-order valence-electron chi connectivity index (χ4n) is 2.78. The van der Waals surface area contributed by atoms with E-state index >= 15 is 0 Å². The van der Waals surface area contributed by atoms with E-state index in [2.05, 4.69) is 36.5 Å². The molecule has 112 valence electrons. The minimum atomic E-state index is 0.110. The molecule has 0 radical (unpaired) electrons. The molecule has 2 atom stereocenters. The molecule has 0 aromatic heterocycles. The van der Waals surface area contributed by atoms with Crippen LogP contribution in [0.1, 0.15) is 30.0 Å². The summed E-state index contributed by atoms with van der Waals surface area (Å²) in [6.07, 6.45) is 0. The lowest BCUT2D eigenvalue weighted by Crippen LogP contribution is -2.23. The van der Waals surface area contributed by atoms with Gasteiger partial charge in [-0.1, -0.05) is 43.3 Å². The average molecular weight is 285 g/mol. The lowest BCUT2D eigenvalue weighted by molar-refractivity contribution is 0.365. The minimum Gasteiger partial charge on any atom is -0.496 e. The molecule has 0 heterocycles. The van der Waals surface area contributed by atoms with Gasteiger partial charge in [0.25, 0.3) is 0 Å². The van der Waals surface area contributed by atoms with Gasteiger partial charge < -0.3 is 14.8 Å². The summed E-state index contributed by atoms with van der Waals surface area (Å²) in [6.45, 7) is 2.21. The Morgan fingerprint density at radius 3 is 1.90 bits per heavy atom. The Bertz CT molecular complexity index is 546. The fraction of sp³-hybridized carbons (Fsp3) is 0.333. The molecule has 0 saturated carbocycles. The molecule has 0 spiro atoms. The topological polar surface area (TPSA) is 30.5 Å². The van der Waals surface area contributed by atoms with Crippen molar-refractivity contribution >= 4 is 0 Å². The summed E-state index contributed by atoms with van der Waals surface area (Å²) in [5.41, 5.74) is 2.34. The van der Waals surface area contributed by atoms with E-state index in [4.69, 9.17) is 9.47 Å². The van der Waals surface area contributed by atoms with Crippen molar-refractivity contribution in [1.29, 1.82) is 0 Å². The predicted octanol–water partition coefficient (Wildman–Crippen LogP) is 3.77. The first-order chi connectivity index (χ1) is 10.2. The van der Waals surface area contributed by atoms with Gasteiger partial charge in [-0.3, -0.25) is 0 Å². The largest absolute Gasteiger partial charge is 0.496 e. The molecule has 0 fully saturated rings. The molecule has 0 amide bonds. The Hall–Kier alpha value is -2.00. The van der Waals surface area contributed by atoms with Crippen LogP contribution in [0.4, 0.5) is 0 Å². The second-order valence-electron chi connectivity index (χ2n) is 5.04. The Balaban J connectivity index is 2.46. The van der Waals surface area contributed by atoms with Crippen LogP contribution in [0.25, 0.3) is 0 Å². The first kappa shape index (κ1) is 15.4. The summed E-state index contributed by atoms with van der Waals surface area (Å²) in [5, 5.41) is 3.41. The maximum atomic E-state index is 5.54. The molecule has 0 saturated heterocycles. The SMILES string of the molecule is CNC(c1c(OC)cccc1OC)C(C)c1ccccc1. The molecule has 0 aliphatic heterocycles. The quantitative estimate of drug-likeness (QED) is 0.876. The van der Waals surface area contributed by atoms with Crippen molar-refractivity contribution in [3.05, 3.63) is 59.7 Å². The van der Waals surface area contributed by atoms with Gasteiger partial charge in [-0.15, -0.1) is 0 Å². The van der Waals surface area contributed by atoms with Gasteiger partial charge in [0, 0.05) is 12.0 Å². The van der Waals surface area contributed by atoms with Crippen molar-refractivity contribution in [2.45, 2.75) is 18.9 Å². The number of nitrogens with one attached hydrogen (secondary N) is 1. The first-order valence-electron chi connectivity index (χ1n) is 7.16. The molecule has 1 N–H and O–H groups in total. The zero-order valence-electron chi connectivity index (χ0n) is 13.1. The van der Waals surface area contributed by atoms with Gasteiger partial charge in [0.2, 0.25) is 0 Å². The molecule has 0 aliphatic rings. The molecule has 3 heteroatoms. The highest BCUT2D eigenvalue weighted by Gasteiger charge is 2.25. The summed E-state index contributed by atoms with van der Waals surface area (Å²) in [4.78, 5) is 0. The third-order valence-corrected chi connectivity index (χ3v) is 3.91. The van der Waals surface area contributed by atoms with Crippen LogP contribution >= 0.6 is 0 Å². The van der Waals surface area contributed by atoms with Crippen LogP contribution in [0.15, 0.2) is 48.5 Å². The van der Waals surface area contributed by atoms with Crippen LogP contribution in [0, 0.1) is 0 Å². The summed E-state index contributed by atoms with van der Waals surface area (Å²) < 4.78 is 11.1. The van der Waals surface area contributed by atoms with Gasteiger partial charge >= 0.3 is 0 Å². The van der Waals surface area contributed by atoms with Crippen LogP contribution < -0.4 is 14.8 Å². The maximum Gasteiger partial charge on any atom is 0.127 e. The zero-order valence-corrected chi connectivity index (χ0v) is 13.1. The highest BCUT2D eigenvalue weighted by molar-refractivity contribution is 5.48. The second-order valence-corrected chi connectivity index (χ2v) is 5.04. The third-order valence-electron chi connectivity index (χ3n) is 3.91. The molecule has 2 unspecified atom stereocenters. The summed E-state index contributed by atoms with van der Waals surface area (Å²) >= 11 is 0. The van der Waals surface area contributed by atoms with Gasteiger partial charge in [0.05, 0.1) is 19.8 Å². The molecule has 2 aromatic carbocycles. The number of methoxy groups -OCH3 is 2. The third kappa shape index (κ3) is 3.19. The lowest BCUT2D eigenvalue weighted by Gasteiger charge is -2.27. The smallest absolute Gasteiger partial charge is 0.127 e. The second kappa shape index (κ2) is 7.14. The first-order valence-corrected chi connectivity index (χ1v) is 7.16. The average Bonchev–Trinajstić information content (AvgIpc) is 2.56. The molecule has 3 nitrogen and oxygen atoms in total. The highest BCUT2D eigenvalue weighted by Crippen LogP contribution is 2.40. The van der Waals surface area contributed by atoms with Crippen molar-refractivity contribution < 1.29 is 9.47 Å². The van der Waals surface area contributed by atoms with Crippen LogP contribution in [-0.2, 0) is 0 Å². The van der Waals surface area contributed by atoms with E-state index in [1.165, 1.54) is 5.56 Å². The van der Waals surface area contributed by atoms with Crippen LogP contribution in [0.2, 0.25) is 0 Å². The van der Waals surface area contributed by atoms with Crippen molar-refractivity contribution in [1.82, 2.24) is 5.32 Å².